The molecule has 7 aromatic carbocycles. The molecule has 2 heterocycles. The second kappa shape index (κ2) is 16.6. The molecule has 64 heavy (non-hydrogen) atoms. The van der Waals surface area contributed by atoms with E-state index in [-0.39, 0.29) is 22.1 Å². The van der Waals surface area contributed by atoms with E-state index in [4.69, 9.17) is 15.5 Å². The molecular formula is C60H57N3O. The summed E-state index contributed by atoms with van der Waals surface area (Å²) >= 11 is 0. The standard InChI is InChI=1S/C60H57N3O/c1-38(2)40-22-24-41(25-23-40)44-30-31-61-53(36-44)46-33-45(34-48(35-46)60(7,8)9)49-19-15-20-54-57(49)62-58(50-18-13-14-21-56(50)64)63(54)55-32-39(3)51(42-16-11-10-12-17-42)37-52(55)43-26-28-47(29-27-43)59(4,5)6/h10-38,64H,1-9H3/i3D3,38D. The predicted octanol–water partition coefficient (Wildman–Crippen LogP) is 16.2. The van der Waals surface area contributed by atoms with Crippen LogP contribution in [0.5, 0.6) is 5.75 Å². The van der Waals surface area contributed by atoms with Crippen molar-refractivity contribution in [2.45, 2.75) is 79.0 Å². The molecule has 0 unspecified atom stereocenters. The van der Waals surface area contributed by atoms with Crippen LogP contribution in [0.4, 0.5) is 0 Å². The summed E-state index contributed by atoms with van der Waals surface area (Å²) in [6.45, 7) is 14.5. The van der Waals surface area contributed by atoms with Crippen molar-refractivity contribution >= 4 is 11.0 Å². The molecule has 0 fully saturated rings. The van der Waals surface area contributed by atoms with Crippen molar-refractivity contribution in [1.29, 1.82) is 0 Å². The molecule has 0 bridgehead atoms. The van der Waals surface area contributed by atoms with Crippen LogP contribution in [0.2, 0.25) is 0 Å². The predicted molar refractivity (Wildman–Crippen MR) is 269 cm³/mol. The molecule has 1 N–H and O–H groups in total. The maximum absolute atomic E-state index is 11.6. The summed E-state index contributed by atoms with van der Waals surface area (Å²) in [5.41, 5.74) is 14.6. The minimum absolute atomic E-state index is 0.0552. The molecule has 0 saturated carbocycles. The van der Waals surface area contributed by atoms with E-state index >= 15 is 0 Å². The Balaban J connectivity index is 1.31. The number of aryl methyl sites for hydroxylation is 1. The molecule has 0 aliphatic heterocycles. The van der Waals surface area contributed by atoms with Gasteiger partial charge in [0.1, 0.15) is 11.6 Å². The van der Waals surface area contributed by atoms with Gasteiger partial charge in [0.15, 0.2) is 0 Å². The smallest absolute Gasteiger partial charge is 0.149 e. The van der Waals surface area contributed by atoms with E-state index in [1.165, 1.54) is 5.56 Å². The van der Waals surface area contributed by atoms with Crippen LogP contribution in [0, 0.1) is 6.85 Å². The zero-order valence-electron chi connectivity index (χ0n) is 42.0. The van der Waals surface area contributed by atoms with Crippen molar-refractivity contribution in [3.05, 3.63) is 192 Å². The Morgan fingerprint density at radius 3 is 1.89 bits per heavy atom. The highest BCUT2D eigenvalue weighted by molar-refractivity contribution is 5.98. The molecule has 4 heteroatoms. The molecule has 0 aliphatic carbocycles. The van der Waals surface area contributed by atoms with Crippen molar-refractivity contribution in [1.82, 2.24) is 14.5 Å². The number of hydrogen-bond acceptors (Lipinski definition) is 3. The van der Waals surface area contributed by atoms with Crippen LogP contribution >= 0.6 is 0 Å². The molecular weight excluding hydrogens is 779 g/mol. The number of imidazole rings is 1. The number of phenolic OH excluding ortho intramolecular Hbond substituents is 1. The summed E-state index contributed by atoms with van der Waals surface area (Å²) in [4.78, 5) is 10.4. The number of rotatable bonds is 8. The molecule has 2 aromatic heterocycles. The summed E-state index contributed by atoms with van der Waals surface area (Å²) in [6.07, 6.45) is 1.85. The highest BCUT2D eigenvalue weighted by atomic mass is 16.3. The SMILES string of the molecule is [2H]C([2H])([2H])c1cc(-n2c(-c3ccccc3O)nc3c(-c4cc(-c5cc(-c6ccc(C([2H])(C)C)cc6)ccn5)cc(C(C)(C)C)c4)cccc32)c(-c2ccc(C(C)(C)C)cc2)cc1-c1ccccc1. The summed E-state index contributed by atoms with van der Waals surface area (Å²) in [6, 6.07) is 54.3. The van der Waals surface area contributed by atoms with Crippen LogP contribution in [-0.4, -0.2) is 19.6 Å². The average molecular weight is 840 g/mol. The maximum atomic E-state index is 11.6. The van der Waals surface area contributed by atoms with E-state index < -0.39 is 12.7 Å². The van der Waals surface area contributed by atoms with Crippen LogP contribution in [-0.2, 0) is 10.8 Å². The molecule has 9 rings (SSSR count). The van der Waals surface area contributed by atoms with Gasteiger partial charge < -0.3 is 5.11 Å². The number of fused-ring (bicyclic) bond motifs is 1. The normalized spacial score (nSPS) is 13.3. The summed E-state index contributed by atoms with van der Waals surface area (Å²) in [5.74, 6) is -0.163. The third kappa shape index (κ3) is 8.17. The lowest BCUT2D eigenvalue weighted by Gasteiger charge is -2.22. The Morgan fingerprint density at radius 1 is 0.547 bits per heavy atom. The first kappa shape index (κ1) is 37.5. The molecule has 0 amide bonds. The largest absolute Gasteiger partial charge is 0.507 e. The average Bonchev–Trinajstić information content (AvgIpc) is 3.70. The molecule has 0 atom stereocenters. The fourth-order valence-corrected chi connectivity index (χ4v) is 8.56. The molecule has 9 aromatic rings. The van der Waals surface area contributed by atoms with Gasteiger partial charge in [-0.1, -0.05) is 165 Å². The third-order valence-electron chi connectivity index (χ3n) is 12.3. The molecule has 0 aliphatic rings. The number of aromatic hydroxyl groups is 1. The zero-order chi connectivity index (χ0) is 48.3. The Hall–Kier alpha value is -7.04. The van der Waals surface area contributed by atoms with Gasteiger partial charge in [-0.15, -0.1) is 0 Å². The number of benzene rings is 7. The van der Waals surface area contributed by atoms with Crippen LogP contribution in [0.25, 0.3) is 83.9 Å². The summed E-state index contributed by atoms with van der Waals surface area (Å²) in [5, 5.41) is 11.6. The van der Waals surface area contributed by atoms with E-state index in [0.29, 0.717) is 28.2 Å². The van der Waals surface area contributed by atoms with Crippen molar-refractivity contribution in [2.75, 3.05) is 0 Å². The number of aromatic nitrogens is 3. The monoisotopic (exact) mass is 839 g/mol. The van der Waals surface area contributed by atoms with E-state index in [0.717, 1.165) is 66.8 Å². The van der Waals surface area contributed by atoms with Crippen molar-refractivity contribution in [2.24, 2.45) is 0 Å². The number of pyridine rings is 1. The van der Waals surface area contributed by atoms with Gasteiger partial charge in [-0.05, 0) is 134 Å². The van der Waals surface area contributed by atoms with Gasteiger partial charge in [0.2, 0.25) is 0 Å². The number of nitrogens with zero attached hydrogens (tertiary/aromatic N) is 3. The zero-order valence-corrected chi connectivity index (χ0v) is 38.0. The van der Waals surface area contributed by atoms with Crippen molar-refractivity contribution in [3.8, 4) is 78.6 Å². The Labute approximate surface area is 384 Å². The molecule has 318 valence electrons. The second-order valence-electron chi connectivity index (χ2n) is 19.1. The lowest BCUT2D eigenvalue weighted by Crippen LogP contribution is -2.11. The van der Waals surface area contributed by atoms with Gasteiger partial charge in [0.25, 0.3) is 0 Å². The fourth-order valence-electron chi connectivity index (χ4n) is 8.56. The summed E-state index contributed by atoms with van der Waals surface area (Å²) < 4.78 is 37.3. The van der Waals surface area contributed by atoms with Gasteiger partial charge in [-0.25, -0.2) is 4.98 Å². The van der Waals surface area contributed by atoms with Crippen LogP contribution in [0.1, 0.15) is 89.0 Å². The number of para-hydroxylation sites is 2. The van der Waals surface area contributed by atoms with Gasteiger partial charge in [-0.2, -0.15) is 0 Å². The second-order valence-corrected chi connectivity index (χ2v) is 19.1. The topological polar surface area (TPSA) is 50.9 Å². The minimum atomic E-state index is -2.47. The van der Waals surface area contributed by atoms with Gasteiger partial charge in [0.05, 0.1) is 28.0 Å². The Kier molecular flexibility index (Phi) is 9.72. The van der Waals surface area contributed by atoms with Crippen molar-refractivity contribution < 1.29 is 10.6 Å². The highest BCUT2D eigenvalue weighted by Crippen LogP contribution is 2.43. The Bertz CT molecular complexity index is 3310. The minimum Gasteiger partial charge on any atom is -0.507 e. The van der Waals surface area contributed by atoms with Crippen LogP contribution < -0.4 is 0 Å². The van der Waals surface area contributed by atoms with E-state index in [1.54, 1.807) is 18.2 Å². The first-order valence-corrected chi connectivity index (χ1v) is 22.0. The van der Waals surface area contributed by atoms with Gasteiger partial charge in [-0.3, -0.25) is 9.55 Å². The number of phenols is 1. The van der Waals surface area contributed by atoms with E-state index in [9.17, 15) is 5.11 Å². The molecule has 0 spiro atoms. The van der Waals surface area contributed by atoms with Crippen molar-refractivity contribution in [3.63, 3.8) is 0 Å². The number of hydrogen-bond donors (Lipinski definition) is 1. The first-order chi connectivity index (χ1) is 32.1. The molecule has 0 radical (unpaired) electrons. The fraction of sp³-hybridized carbons (Fsp3) is 0.200. The van der Waals surface area contributed by atoms with Gasteiger partial charge in [0, 0.05) is 28.4 Å². The van der Waals surface area contributed by atoms with E-state index in [2.05, 4.69) is 108 Å². The lowest BCUT2D eigenvalue weighted by molar-refractivity contribution is 0.477. The van der Waals surface area contributed by atoms with Gasteiger partial charge >= 0.3 is 0 Å². The molecule has 4 nitrogen and oxygen atoms in total. The van der Waals surface area contributed by atoms with E-state index in [1.807, 2.05) is 103 Å². The lowest BCUT2D eigenvalue weighted by atomic mass is 9.83. The molecule has 0 saturated heterocycles. The maximum Gasteiger partial charge on any atom is 0.149 e. The first-order valence-electron chi connectivity index (χ1n) is 24.0. The van der Waals surface area contributed by atoms with Crippen LogP contribution in [0.3, 0.4) is 0 Å². The van der Waals surface area contributed by atoms with Crippen LogP contribution in [0.15, 0.2) is 170 Å². The quantitative estimate of drug-likeness (QED) is 0.166. The third-order valence-corrected chi connectivity index (χ3v) is 12.3. The Morgan fingerprint density at radius 2 is 1.20 bits per heavy atom. The highest BCUT2D eigenvalue weighted by Gasteiger charge is 2.25. The summed E-state index contributed by atoms with van der Waals surface area (Å²) in [7, 11) is 0.